The fourth-order valence-electron chi connectivity index (χ4n) is 2.76. The third-order valence-corrected chi connectivity index (χ3v) is 3.99. The summed E-state index contributed by atoms with van der Waals surface area (Å²) in [4.78, 5) is 12.3. The summed E-state index contributed by atoms with van der Waals surface area (Å²) in [5.41, 5.74) is 6.13. The summed E-state index contributed by atoms with van der Waals surface area (Å²) in [6.45, 7) is 1.91. The predicted molar refractivity (Wildman–Crippen MR) is 83.4 cm³/mol. The number of nitrogens with one attached hydrogen (secondary N) is 1. The normalized spacial score (nSPS) is 24.9. The number of anilines is 1. The first-order valence-electron chi connectivity index (χ1n) is 6.87. The quantitative estimate of drug-likeness (QED) is 0.900. The third-order valence-electron chi connectivity index (χ3n) is 3.99. The highest BCUT2D eigenvalue weighted by atomic mass is 35.5. The first-order valence-corrected chi connectivity index (χ1v) is 6.87. The summed E-state index contributed by atoms with van der Waals surface area (Å²) in [6.07, 6.45) is 3.66. The molecule has 3 N–H and O–H groups in total. The minimum absolute atomic E-state index is 0. The average Bonchev–Trinajstić information content (AvgIpc) is 2.38. The van der Waals surface area contributed by atoms with Gasteiger partial charge < -0.3 is 15.8 Å². The van der Waals surface area contributed by atoms with Crippen molar-refractivity contribution in [2.45, 2.75) is 38.1 Å². The topological polar surface area (TPSA) is 64.3 Å². The molecule has 1 fully saturated rings. The van der Waals surface area contributed by atoms with Gasteiger partial charge in [0.25, 0.3) is 0 Å². The molecule has 1 saturated carbocycles. The van der Waals surface area contributed by atoms with E-state index in [4.69, 9.17) is 10.5 Å². The Morgan fingerprint density at radius 3 is 2.76 bits per heavy atom. The Bertz CT molecular complexity index is 508. The van der Waals surface area contributed by atoms with Crippen molar-refractivity contribution in [3.8, 4) is 5.75 Å². The number of rotatable bonds is 3. The highest BCUT2D eigenvalue weighted by Crippen LogP contribution is 2.32. The third kappa shape index (κ3) is 4.08. The van der Waals surface area contributed by atoms with Gasteiger partial charge in [0.15, 0.2) is 11.6 Å². The van der Waals surface area contributed by atoms with E-state index < -0.39 is 11.4 Å². The van der Waals surface area contributed by atoms with E-state index in [1.807, 2.05) is 6.92 Å². The number of benzene rings is 1. The molecular weight excluding hydrogens is 295 g/mol. The van der Waals surface area contributed by atoms with Gasteiger partial charge in [-0.1, -0.05) is 12.8 Å². The molecule has 0 saturated heterocycles. The average molecular weight is 317 g/mol. The van der Waals surface area contributed by atoms with E-state index in [9.17, 15) is 9.18 Å². The number of halogens is 2. The van der Waals surface area contributed by atoms with Crippen molar-refractivity contribution in [3.63, 3.8) is 0 Å². The zero-order chi connectivity index (χ0) is 14.8. The summed E-state index contributed by atoms with van der Waals surface area (Å²) in [5, 5.41) is 2.74. The molecular formula is C15H22ClFN2O2. The van der Waals surface area contributed by atoms with Crippen LogP contribution in [0.4, 0.5) is 10.1 Å². The van der Waals surface area contributed by atoms with Gasteiger partial charge in [0.05, 0.1) is 13.0 Å². The monoisotopic (exact) mass is 316 g/mol. The Morgan fingerprint density at radius 2 is 2.19 bits per heavy atom. The van der Waals surface area contributed by atoms with Gasteiger partial charge in [0.2, 0.25) is 5.91 Å². The van der Waals surface area contributed by atoms with Gasteiger partial charge >= 0.3 is 0 Å². The zero-order valence-electron chi connectivity index (χ0n) is 12.3. The molecule has 0 radical (unpaired) electrons. The van der Waals surface area contributed by atoms with Crippen molar-refractivity contribution in [3.05, 3.63) is 24.0 Å². The standard InChI is InChI=1S/C15H21FN2O2.ClH/c1-15(17)8-4-3-5-11(15)14(19)18-10-6-7-13(20-2)12(16)9-10;/h6-7,9,11H,3-5,8,17H2,1-2H3,(H,18,19);1H. The highest BCUT2D eigenvalue weighted by molar-refractivity contribution is 5.93. The van der Waals surface area contributed by atoms with Crippen molar-refractivity contribution >= 4 is 24.0 Å². The summed E-state index contributed by atoms with van der Waals surface area (Å²) < 4.78 is 18.4. The lowest BCUT2D eigenvalue weighted by Crippen LogP contribution is -2.51. The van der Waals surface area contributed by atoms with Crippen LogP contribution >= 0.6 is 12.4 Å². The first-order chi connectivity index (χ1) is 9.44. The van der Waals surface area contributed by atoms with Crippen molar-refractivity contribution in [1.29, 1.82) is 0 Å². The SMILES string of the molecule is COc1ccc(NC(=O)C2CCCCC2(C)N)cc1F.Cl. The Kier molecular flexibility index (Phi) is 5.98. The van der Waals surface area contributed by atoms with Crippen molar-refractivity contribution in [2.24, 2.45) is 11.7 Å². The van der Waals surface area contributed by atoms with Crippen LogP contribution in [0.2, 0.25) is 0 Å². The molecule has 2 rings (SSSR count). The minimum Gasteiger partial charge on any atom is -0.494 e. The van der Waals surface area contributed by atoms with E-state index >= 15 is 0 Å². The number of carbonyl (C=O) groups excluding carboxylic acids is 1. The molecule has 21 heavy (non-hydrogen) atoms. The van der Waals surface area contributed by atoms with E-state index in [1.54, 1.807) is 6.07 Å². The lowest BCUT2D eigenvalue weighted by molar-refractivity contribution is -0.122. The largest absolute Gasteiger partial charge is 0.494 e. The number of ether oxygens (including phenoxy) is 1. The van der Waals surface area contributed by atoms with Gasteiger partial charge in [-0.05, 0) is 31.9 Å². The molecule has 0 aliphatic heterocycles. The second-order valence-electron chi connectivity index (χ2n) is 5.64. The maximum absolute atomic E-state index is 13.6. The van der Waals surface area contributed by atoms with Gasteiger partial charge in [-0.15, -0.1) is 12.4 Å². The van der Waals surface area contributed by atoms with Crippen LogP contribution in [0.5, 0.6) is 5.75 Å². The Hall–Kier alpha value is -1.33. The number of methoxy groups -OCH3 is 1. The molecule has 1 aliphatic rings. The van der Waals surface area contributed by atoms with E-state index in [0.29, 0.717) is 5.69 Å². The second kappa shape index (κ2) is 7.09. The number of amides is 1. The van der Waals surface area contributed by atoms with Crippen LogP contribution in [0, 0.1) is 11.7 Å². The van der Waals surface area contributed by atoms with Crippen molar-refractivity contribution < 1.29 is 13.9 Å². The summed E-state index contributed by atoms with van der Waals surface area (Å²) in [5.74, 6) is -0.713. The van der Waals surface area contributed by atoms with Crippen LogP contribution in [0.25, 0.3) is 0 Å². The van der Waals surface area contributed by atoms with Crippen molar-refractivity contribution in [2.75, 3.05) is 12.4 Å². The van der Waals surface area contributed by atoms with E-state index in [0.717, 1.165) is 25.7 Å². The van der Waals surface area contributed by atoms with Gasteiger partial charge in [-0.25, -0.2) is 4.39 Å². The molecule has 1 aromatic rings. The maximum atomic E-state index is 13.6. The van der Waals surface area contributed by atoms with Gasteiger partial charge in [0, 0.05) is 17.3 Å². The van der Waals surface area contributed by atoms with Crippen molar-refractivity contribution in [1.82, 2.24) is 0 Å². The summed E-state index contributed by atoms with van der Waals surface area (Å²) in [7, 11) is 1.40. The molecule has 1 aromatic carbocycles. The van der Waals surface area contributed by atoms with E-state index in [-0.39, 0.29) is 30.0 Å². The van der Waals surface area contributed by atoms with Crippen LogP contribution in [0.15, 0.2) is 18.2 Å². The molecule has 0 bridgehead atoms. The molecule has 0 spiro atoms. The molecule has 1 amide bonds. The predicted octanol–water partition coefficient (Wildman–Crippen LogP) is 3.10. The number of nitrogens with two attached hydrogens (primary N) is 1. The maximum Gasteiger partial charge on any atom is 0.229 e. The lowest BCUT2D eigenvalue weighted by Gasteiger charge is -2.37. The number of hydrogen-bond acceptors (Lipinski definition) is 3. The molecule has 6 heteroatoms. The molecule has 2 atom stereocenters. The lowest BCUT2D eigenvalue weighted by atomic mass is 9.74. The second-order valence-corrected chi connectivity index (χ2v) is 5.64. The fraction of sp³-hybridized carbons (Fsp3) is 0.533. The van der Waals surface area contributed by atoms with Crippen LogP contribution < -0.4 is 15.8 Å². The number of carbonyl (C=O) groups is 1. The Morgan fingerprint density at radius 1 is 1.48 bits per heavy atom. The van der Waals surface area contributed by atoms with Crippen LogP contribution in [0.3, 0.4) is 0 Å². The fourth-order valence-corrected chi connectivity index (χ4v) is 2.76. The van der Waals surface area contributed by atoms with E-state index in [1.165, 1.54) is 19.2 Å². The summed E-state index contributed by atoms with van der Waals surface area (Å²) in [6, 6.07) is 4.37. The molecule has 0 heterocycles. The Labute approximate surface area is 130 Å². The van der Waals surface area contributed by atoms with Crippen LogP contribution in [-0.2, 0) is 4.79 Å². The van der Waals surface area contributed by atoms with E-state index in [2.05, 4.69) is 5.32 Å². The van der Waals surface area contributed by atoms with Gasteiger partial charge in [-0.2, -0.15) is 0 Å². The summed E-state index contributed by atoms with van der Waals surface area (Å²) >= 11 is 0. The molecule has 2 unspecified atom stereocenters. The highest BCUT2D eigenvalue weighted by Gasteiger charge is 2.37. The molecule has 1 aliphatic carbocycles. The van der Waals surface area contributed by atoms with Gasteiger partial charge in [0.1, 0.15) is 0 Å². The Balaban J connectivity index is 0.00000220. The zero-order valence-corrected chi connectivity index (χ0v) is 13.1. The molecule has 0 aromatic heterocycles. The molecule has 118 valence electrons. The first kappa shape index (κ1) is 17.7. The minimum atomic E-state index is -0.496. The molecule has 4 nitrogen and oxygen atoms in total. The smallest absolute Gasteiger partial charge is 0.229 e. The van der Waals surface area contributed by atoms with Gasteiger partial charge in [-0.3, -0.25) is 4.79 Å². The van der Waals surface area contributed by atoms with Crippen LogP contribution in [-0.4, -0.2) is 18.6 Å². The van der Waals surface area contributed by atoms with Crippen LogP contribution in [0.1, 0.15) is 32.6 Å². The number of hydrogen-bond donors (Lipinski definition) is 2.